The molecule has 7 heteroatoms. The van der Waals surface area contributed by atoms with Gasteiger partial charge < -0.3 is 15.0 Å². The number of hydrogen-bond acceptors (Lipinski definition) is 4. The Kier molecular flexibility index (Phi) is 7.76. The molecule has 0 fully saturated rings. The molecule has 0 aliphatic carbocycles. The predicted molar refractivity (Wildman–Crippen MR) is 135 cm³/mol. The maximum absolute atomic E-state index is 13.2. The number of anilines is 1. The maximum Gasteiger partial charge on any atom is 0.254 e. The van der Waals surface area contributed by atoms with Crippen LogP contribution >= 0.6 is 0 Å². The second-order valence-electron chi connectivity index (χ2n) is 9.77. The number of hydrogen-bond donors (Lipinski definition) is 1. The standard InChI is InChI=1S/C27H34N4O3/c1-19(2)17-30(26(33)20-12-14-22(34-6)15-13-20)18-25(32)28-24-16-23(27(3,4)5)29-31(24)21-10-8-7-9-11-21/h7-16,19H,17-18H2,1-6H3,(H,28,32). The van der Waals surface area contributed by atoms with Crippen molar-refractivity contribution in [1.82, 2.24) is 14.7 Å². The molecule has 34 heavy (non-hydrogen) atoms. The van der Waals surface area contributed by atoms with Gasteiger partial charge in [-0.2, -0.15) is 5.10 Å². The summed E-state index contributed by atoms with van der Waals surface area (Å²) in [5.41, 5.74) is 2.04. The summed E-state index contributed by atoms with van der Waals surface area (Å²) in [5.74, 6) is 0.979. The van der Waals surface area contributed by atoms with Crippen molar-refractivity contribution in [3.8, 4) is 11.4 Å². The summed E-state index contributed by atoms with van der Waals surface area (Å²) >= 11 is 0. The van der Waals surface area contributed by atoms with Gasteiger partial charge in [0.2, 0.25) is 5.91 Å². The number of carbonyl (C=O) groups is 2. The monoisotopic (exact) mass is 462 g/mol. The van der Waals surface area contributed by atoms with Gasteiger partial charge in [-0.1, -0.05) is 52.8 Å². The van der Waals surface area contributed by atoms with E-state index in [2.05, 4.69) is 26.1 Å². The summed E-state index contributed by atoms with van der Waals surface area (Å²) in [5, 5.41) is 7.72. The second kappa shape index (κ2) is 10.5. The van der Waals surface area contributed by atoms with E-state index in [-0.39, 0.29) is 29.7 Å². The minimum atomic E-state index is -0.278. The van der Waals surface area contributed by atoms with E-state index in [1.165, 1.54) is 0 Å². The van der Waals surface area contributed by atoms with Crippen LogP contribution in [0.3, 0.4) is 0 Å². The molecule has 0 radical (unpaired) electrons. The van der Waals surface area contributed by atoms with Gasteiger partial charge in [-0.15, -0.1) is 0 Å². The highest BCUT2D eigenvalue weighted by Gasteiger charge is 2.24. The average molecular weight is 463 g/mol. The number of nitrogens with zero attached hydrogens (tertiary/aromatic N) is 3. The van der Waals surface area contributed by atoms with Crippen molar-refractivity contribution in [2.24, 2.45) is 5.92 Å². The molecule has 0 saturated carbocycles. The molecule has 0 atom stereocenters. The van der Waals surface area contributed by atoms with Gasteiger partial charge in [-0.3, -0.25) is 9.59 Å². The highest BCUT2D eigenvalue weighted by molar-refractivity contribution is 5.99. The lowest BCUT2D eigenvalue weighted by Gasteiger charge is -2.24. The largest absolute Gasteiger partial charge is 0.497 e. The number of aromatic nitrogens is 2. The van der Waals surface area contributed by atoms with Crippen molar-refractivity contribution in [1.29, 1.82) is 0 Å². The Hall–Kier alpha value is -3.61. The van der Waals surface area contributed by atoms with Gasteiger partial charge in [-0.05, 0) is 42.3 Å². The topological polar surface area (TPSA) is 76.5 Å². The third-order valence-electron chi connectivity index (χ3n) is 5.29. The molecule has 7 nitrogen and oxygen atoms in total. The number of carbonyl (C=O) groups excluding carboxylic acids is 2. The van der Waals surface area contributed by atoms with Crippen molar-refractivity contribution in [2.45, 2.75) is 40.0 Å². The van der Waals surface area contributed by atoms with E-state index in [1.807, 2.05) is 50.2 Å². The second-order valence-corrected chi connectivity index (χ2v) is 9.77. The van der Waals surface area contributed by atoms with Gasteiger partial charge in [0.15, 0.2) is 0 Å². The number of ether oxygens (including phenoxy) is 1. The van der Waals surface area contributed by atoms with E-state index >= 15 is 0 Å². The first-order valence-corrected chi connectivity index (χ1v) is 11.5. The third kappa shape index (κ3) is 6.25. The van der Waals surface area contributed by atoms with Gasteiger partial charge in [0.25, 0.3) is 5.91 Å². The first-order chi connectivity index (χ1) is 16.1. The van der Waals surface area contributed by atoms with Crippen molar-refractivity contribution < 1.29 is 14.3 Å². The smallest absolute Gasteiger partial charge is 0.254 e. The maximum atomic E-state index is 13.2. The summed E-state index contributed by atoms with van der Waals surface area (Å²) in [6.45, 7) is 10.7. The molecule has 0 spiro atoms. The minimum absolute atomic E-state index is 0.0616. The molecule has 3 aromatic rings. The molecule has 0 saturated heterocycles. The lowest BCUT2D eigenvalue weighted by Crippen LogP contribution is -2.40. The fourth-order valence-corrected chi connectivity index (χ4v) is 3.53. The Bertz CT molecular complexity index is 1110. The molecule has 0 unspecified atom stereocenters. The number of methoxy groups -OCH3 is 1. The van der Waals surface area contributed by atoms with Crippen LogP contribution in [-0.2, 0) is 10.2 Å². The Labute approximate surface area is 201 Å². The van der Waals surface area contributed by atoms with E-state index in [0.29, 0.717) is 23.7 Å². The zero-order chi connectivity index (χ0) is 24.9. The highest BCUT2D eigenvalue weighted by atomic mass is 16.5. The molecule has 3 rings (SSSR count). The lowest BCUT2D eigenvalue weighted by atomic mass is 9.92. The number of benzene rings is 2. The van der Waals surface area contributed by atoms with Crippen LogP contribution in [0.4, 0.5) is 5.82 Å². The van der Waals surface area contributed by atoms with Crippen LogP contribution in [0.1, 0.15) is 50.7 Å². The molecule has 0 bridgehead atoms. The molecule has 0 aliphatic heterocycles. The summed E-state index contributed by atoms with van der Waals surface area (Å²) in [6, 6.07) is 18.5. The SMILES string of the molecule is COc1ccc(C(=O)N(CC(=O)Nc2cc(C(C)(C)C)nn2-c2ccccc2)CC(C)C)cc1. The van der Waals surface area contributed by atoms with Gasteiger partial charge in [0.1, 0.15) is 18.1 Å². The van der Waals surface area contributed by atoms with Crippen LogP contribution in [0.15, 0.2) is 60.7 Å². The molecule has 1 N–H and O–H groups in total. The Morgan fingerprint density at radius 1 is 1.06 bits per heavy atom. The van der Waals surface area contributed by atoms with Crippen molar-refractivity contribution >= 4 is 17.6 Å². The Morgan fingerprint density at radius 3 is 2.26 bits per heavy atom. The Morgan fingerprint density at radius 2 is 1.71 bits per heavy atom. The number of rotatable bonds is 8. The quantitative estimate of drug-likeness (QED) is 0.516. The summed E-state index contributed by atoms with van der Waals surface area (Å²) in [7, 11) is 1.58. The van der Waals surface area contributed by atoms with E-state index in [1.54, 1.807) is 41.0 Å². The van der Waals surface area contributed by atoms with Gasteiger partial charge in [-0.25, -0.2) is 4.68 Å². The zero-order valence-corrected chi connectivity index (χ0v) is 20.8. The summed E-state index contributed by atoms with van der Waals surface area (Å²) in [4.78, 5) is 27.9. The van der Waals surface area contributed by atoms with E-state index in [4.69, 9.17) is 9.84 Å². The molecule has 1 heterocycles. The van der Waals surface area contributed by atoms with Crippen molar-refractivity contribution in [3.63, 3.8) is 0 Å². The van der Waals surface area contributed by atoms with Crippen LogP contribution in [0.25, 0.3) is 5.69 Å². The number of para-hydroxylation sites is 1. The molecule has 180 valence electrons. The summed E-state index contributed by atoms with van der Waals surface area (Å²) in [6.07, 6.45) is 0. The molecular weight excluding hydrogens is 428 g/mol. The normalized spacial score (nSPS) is 11.4. The first-order valence-electron chi connectivity index (χ1n) is 11.5. The average Bonchev–Trinajstić information content (AvgIpc) is 3.22. The van der Waals surface area contributed by atoms with Crippen molar-refractivity contribution in [3.05, 3.63) is 71.9 Å². The van der Waals surface area contributed by atoms with Gasteiger partial charge in [0.05, 0.1) is 18.5 Å². The fourth-order valence-electron chi connectivity index (χ4n) is 3.53. The van der Waals surface area contributed by atoms with Gasteiger partial charge in [0, 0.05) is 23.6 Å². The fraction of sp³-hybridized carbons (Fsp3) is 0.370. The summed E-state index contributed by atoms with van der Waals surface area (Å²) < 4.78 is 6.91. The predicted octanol–water partition coefficient (Wildman–Crippen LogP) is 4.92. The van der Waals surface area contributed by atoms with Crippen LogP contribution in [0.5, 0.6) is 5.75 Å². The molecule has 0 aliphatic rings. The molecule has 2 aromatic carbocycles. The van der Waals surface area contributed by atoms with Crippen LogP contribution < -0.4 is 10.1 Å². The molecule has 1 aromatic heterocycles. The van der Waals surface area contributed by atoms with Crippen LogP contribution in [0, 0.1) is 5.92 Å². The van der Waals surface area contributed by atoms with Crippen LogP contribution in [-0.4, -0.2) is 46.7 Å². The Balaban J connectivity index is 1.84. The highest BCUT2D eigenvalue weighted by Crippen LogP contribution is 2.26. The molecule has 2 amide bonds. The van der Waals surface area contributed by atoms with Crippen LogP contribution in [0.2, 0.25) is 0 Å². The van der Waals surface area contributed by atoms with E-state index < -0.39 is 0 Å². The van der Waals surface area contributed by atoms with E-state index in [0.717, 1.165) is 11.4 Å². The number of amides is 2. The number of nitrogens with one attached hydrogen (secondary N) is 1. The van der Waals surface area contributed by atoms with Crippen molar-refractivity contribution in [2.75, 3.05) is 25.5 Å². The lowest BCUT2D eigenvalue weighted by molar-refractivity contribution is -0.117. The molecular formula is C27H34N4O3. The third-order valence-corrected chi connectivity index (χ3v) is 5.29. The zero-order valence-electron chi connectivity index (χ0n) is 20.8. The first kappa shape index (κ1) is 25.0. The van der Waals surface area contributed by atoms with E-state index in [9.17, 15) is 9.59 Å². The minimum Gasteiger partial charge on any atom is -0.497 e. The van der Waals surface area contributed by atoms with Gasteiger partial charge >= 0.3 is 0 Å².